The van der Waals surface area contributed by atoms with E-state index >= 15 is 0 Å². The Kier molecular flexibility index (Phi) is 7.07. The molecule has 1 atom stereocenters. The second-order valence-electron chi connectivity index (χ2n) is 11.1. The Labute approximate surface area is 228 Å². The molecule has 4 aromatic rings. The number of likely N-dealkylation sites (N-methyl/N-ethyl adjacent to an activating group) is 1. The molecule has 206 valence electrons. The maximum Gasteiger partial charge on any atom is 0.410 e. The van der Waals surface area contributed by atoms with Gasteiger partial charge in [-0.3, -0.25) is 14.6 Å². The van der Waals surface area contributed by atoms with Gasteiger partial charge in [0, 0.05) is 68.6 Å². The van der Waals surface area contributed by atoms with Crippen LogP contribution in [-0.2, 0) is 16.5 Å². The van der Waals surface area contributed by atoms with Crippen molar-refractivity contribution in [3.63, 3.8) is 0 Å². The van der Waals surface area contributed by atoms with Crippen LogP contribution in [0.2, 0.25) is 0 Å². The first-order chi connectivity index (χ1) is 18.5. The number of benzene rings is 1. The van der Waals surface area contributed by atoms with Crippen molar-refractivity contribution in [2.75, 3.05) is 38.9 Å². The number of amides is 1. The van der Waals surface area contributed by atoms with Crippen molar-refractivity contribution in [2.24, 2.45) is 7.05 Å². The molecule has 0 saturated carbocycles. The van der Waals surface area contributed by atoms with Crippen LogP contribution in [0.25, 0.3) is 33.1 Å². The van der Waals surface area contributed by atoms with Crippen LogP contribution < -0.4 is 9.64 Å². The van der Waals surface area contributed by atoms with Crippen molar-refractivity contribution < 1.29 is 19.0 Å². The maximum absolute atomic E-state index is 12.5. The lowest BCUT2D eigenvalue weighted by atomic mass is 10.0. The van der Waals surface area contributed by atoms with E-state index in [1.807, 2.05) is 66.4 Å². The number of nitrogens with zero attached hydrogens (tertiary/aromatic N) is 6. The molecule has 10 nitrogen and oxygen atoms in total. The Bertz CT molecular complexity index is 1530. The standard InChI is InChI=1S/C29H36N6O4/c1-18-26-20(15-33(5)32-26)11-23(27(18)38-17-37-7)25-12-24-19(13-30-25)10-22(14-31-24)35-9-8-21(16-35)34(6)28(36)39-29(2,3)4/h10-15,21H,8-9,16-17H2,1-7H3. The molecule has 0 radical (unpaired) electrons. The van der Waals surface area contributed by atoms with Crippen LogP contribution in [0, 0.1) is 6.92 Å². The zero-order valence-electron chi connectivity index (χ0n) is 23.7. The zero-order valence-corrected chi connectivity index (χ0v) is 23.7. The van der Waals surface area contributed by atoms with Gasteiger partial charge >= 0.3 is 6.09 Å². The molecule has 1 aromatic carbocycles. The molecule has 0 aliphatic carbocycles. The predicted octanol–water partition coefficient (Wildman–Crippen LogP) is 4.92. The summed E-state index contributed by atoms with van der Waals surface area (Å²) in [5.41, 5.74) is 4.79. The van der Waals surface area contributed by atoms with E-state index in [9.17, 15) is 4.79 Å². The summed E-state index contributed by atoms with van der Waals surface area (Å²) in [6, 6.07) is 6.22. The molecule has 1 amide bonds. The fourth-order valence-electron chi connectivity index (χ4n) is 5.03. The normalized spacial score (nSPS) is 15.8. The van der Waals surface area contributed by atoms with Gasteiger partial charge < -0.3 is 24.0 Å². The van der Waals surface area contributed by atoms with Gasteiger partial charge in [0.2, 0.25) is 0 Å². The average Bonchev–Trinajstić information content (AvgIpc) is 3.53. The SMILES string of the molecule is COCOc1c(-c2cc3ncc(N4CCC(N(C)C(=O)OC(C)(C)C)C4)cc3cn2)cc2cn(C)nc2c1C. The third kappa shape index (κ3) is 5.47. The van der Waals surface area contributed by atoms with Crippen LogP contribution in [-0.4, -0.2) is 76.4 Å². The number of pyridine rings is 2. The minimum Gasteiger partial charge on any atom is -0.466 e. The molecule has 1 saturated heterocycles. The van der Waals surface area contributed by atoms with Crippen molar-refractivity contribution in [1.29, 1.82) is 0 Å². The van der Waals surface area contributed by atoms with E-state index in [0.29, 0.717) is 5.75 Å². The maximum atomic E-state index is 12.5. The van der Waals surface area contributed by atoms with E-state index in [4.69, 9.17) is 24.2 Å². The number of hydrogen-bond donors (Lipinski definition) is 0. The summed E-state index contributed by atoms with van der Waals surface area (Å²) in [7, 11) is 5.31. The van der Waals surface area contributed by atoms with Crippen LogP contribution in [0.1, 0.15) is 32.8 Å². The topological polar surface area (TPSA) is 94.8 Å². The lowest BCUT2D eigenvalue weighted by Crippen LogP contribution is -2.42. The number of methoxy groups -OCH3 is 1. The first-order valence-electron chi connectivity index (χ1n) is 13.1. The highest BCUT2D eigenvalue weighted by atomic mass is 16.7. The largest absolute Gasteiger partial charge is 0.466 e. The Morgan fingerprint density at radius 3 is 2.69 bits per heavy atom. The van der Waals surface area contributed by atoms with Crippen molar-refractivity contribution >= 4 is 33.6 Å². The van der Waals surface area contributed by atoms with Gasteiger partial charge in [-0.05, 0) is 52.3 Å². The summed E-state index contributed by atoms with van der Waals surface area (Å²) in [5.74, 6) is 0.698. The summed E-state index contributed by atoms with van der Waals surface area (Å²) in [5, 5.41) is 6.54. The van der Waals surface area contributed by atoms with Gasteiger partial charge in [0.25, 0.3) is 0 Å². The van der Waals surface area contributed by atoms with Crippen molar-refractivity contribution in [2.45, 2.75) is 45.8 Å². The van der Waals surface area contributed by atoms with Gasteiger partial charge in [-0.1, -0.05) is 0 Å². The van der Waals surface area contributed by atoms with Crippen molar-refractivity contribution in [1.82, 2.24) is 24.6 Å². The Morgan fingerprint density at radius 1 is 1.15 bits per heavy atom. The van der Waals surface area contributed by atoms with Crippen LogP contribution in [0.3, 0.4) is 0 Å². The molecule has 10 heteroatoms. The summed E-state index contributed by atoms with van der Waals surface area (Å²) < 4.78 is 18.5. The number of fused-ring (bicyclic) bond motifs is 2. The summed E-state index contributed by atoms with van der Waals surface area (Å²) in [4.78, 5) is 26.1. The summed E-state index contributed by atoms with van der Waals surface area (Å²) in [6.45, 7) is 9.32. The zero-order chi connectivity index (χ0) is 27.9. The molecule has 4 heterocycles. The van der Waals surface area contributed by atoms with Gasteiger partial charge in [0.15, 0.2) is 6.79 Å². The van der Waals surface area contributed by atoms with Crippen LogP contribution in [0.4, 0.5) is 10.5 Å². The Morgan fingerprint density at radius 2 is 1.95 bits per heavy atom. The highest BCUT2D eigenvalue weighted by Crippen LogP contribution is 2.38. The van der Waals surface area contributed by atoms with E-state index in [2.05, 4.69) is 22.1 Å². The van der Waals surface area contributed by atoms with Crippen LogP contribution in [0.15, 0.2) is 36.8 Å². The van der Waals surface area contributed by atoms with E-state index in [-0.39, 0.29) is 18.9 Å². The molecule has 0 bridgehead atoms. The smallest absolute Gasteiger partial charge is 0.410 e. The molecule has 1 unspecified atom stereocenters. The molecule has 39 heavy (non-hydrogen) atoms. The molecule has 1 aliphatic heterocycles. The number of hydrogen-bond acceptors (Lipinski definition) is 8. The fourth-order valence-corrected chi connectivity index (χ4v) is 5.03. The minimum absolute atomic E-state index is 0.0761. The fraction of sp³-hybridized carbons (Fsp3) is 0.448. The van der Waals surface area contributed by atoms with Crippen molar-refractivity contribution in [3.05, 3.63) is 42.4 Å². The molecule has 1 aliphatic rings. The molecule has 5 rings (SSSR count). The summed E-state index contributed by atoms with van der Waals surface area (Å²) >= 11 is 0. The monoisotopic (exact) mass is 532 g/mol. The van der Waals surface area contributed by atoms with Gasteiger partial charge in [-0.2, -0.15) is 5.10 Å². The van der Waals surface area contributed by atoms with E-state index in [1.54, 1.807) is 16.7 Å². The van der Waals surface area contributed by atoms with Gasteiger partial charge in [-0.25, -0.2) is 4.79 Å². The number of carbonyl (C=O) groups is 1. The quantitative estimate of drug-likeness (QED) is 0.323. The van der Waals surface area contributed by atoms with Gasteiger partial charge in [0.1, 0.15) is 11.4 Å². The molecular weight excluding hydrogens is 496 g/mol. The highest BCUT2D eigenvalue weighted by Gasteiger charge is 2.31. The number of rotatable bonds is 6. The van der Waals surface area contributed by atoms with E-state index < -0.39 is 5.60 Å². The lowest BCUT2D eigenvalue weighted by Gasteiger charge is -2.28. The Hall–Kier alpha value is -3.92. The molecule has 3 aromatic heterocycles. The van der Waals surface area contributed by atoms with Crippen molar-refractivity contribution in [3.8, 4) is 17.0 Å². The number of ether oxygens (including phenoxy) is 3. The molecule has 0 N–H and O–H groups in total. The molecule has 0 spiro atoms. The third-order valence-electron chi connectivity index (χ3n) is 7.00. The average molecular weight is 533 g/mol. The van der Waals surface area contributed by atoms with E-state index in [1.165, 1.54) is 0 Å². The summed E-state index contributed by atoms with van der Waals surface area (Å²) in [6.07, 6.45) is 6.30. The number of anilines is 1. The first-order valence-corrected chi connectivity index (χ1v) is 13.1. The second kappa shape index (κ2) is 10.3. The lowest BCUT2D eigenvalue weighted by molar-refractivity contribution is 0.0238. The van der Waals surface area contributed by atoms with Crippen LogP contribution in [0.5, 0.6) is 5.75 Å². The molecular formula is C29H36N6O4. The van der Waals surface area contributed by atoms with Gasteiger partial charge in [0.05, 0.1) is 34.7 Å². The first kappa shape index (κ1) is 26.7. The van der Waals surface area contributed by atoms with Crippen LogP contribution >= 0.6 is 0 Å². The number of aryl methyl sites for hydroxylation is 2. The second-order valence-corrected chi connectivity index (χ2v) is 11.1. The predicted molar refractivity (Wildman–Crippen MR) is 151 cm³/mol. The third-order valence-corrected chi connectivity index (χ3v) is 7.00. The number of aromatic nitrogens is 4. The molecule has 1 fully saturated rings. The van der Waals surface area contributed by atoms with Gasteiger partial charge in [-0.15, -0.1) is 0 Å². The Balaban J connectivity index is 1.40. The minimum atomic E-state index is -0.517. The highest BCUT2D eigenvalue weighted by molar-refractivity contribution is 5.92. The number of carbonyl (C=O) groups excluding carboxylic acids is 1. The van der Waals surface area contributed by atoms with E-state index in [0.717, 1.165) is 63.8 Å².